The van der Waals surface area contributed by atoms with Gasteiger partial charge in [-0.05, 0) is 16.7 Å². The summed E-state index contributed by atoms with van der Waals surface area (Å²) in [5.41, 5.74) is 1.39. The minimum absolute atomic E-state index is 0.0220. The largest absolute Gasteiger partial charge is 0.504 e. The fraction of sp³-hybridized carbons (Fsp3) is 0.200. The molecule has 0 saturated carbocycles. The number of benzene rings is 2. The van der Waals surface area contributed by atoms with Crippen LogP contribution in [0.2, 0.25) is 0 Å². The van der Waals surface area contributed by atoms with Gasteiger partial charge in [-0.2, -0.15) is 0 Å². The van der Waals surface area contributed by atoms with Crippen molar-refractivity contribution >= 4 is 0 Å². The lowest BCUT2D eigenvalue weighted by Crippen LogP contribution is -2.04. The average Bonchev–Trinajstić information content (AvgIpc) is 2.49. The summed E-state index contributed by atoms with van der Waals surface area (Å²) in [5, 5.41) is 48.4. The number of aliphatic hydroxyl groups is 3. The fourth-order valence-corrected chi connectivity index (χ4v) is 2.33. The first-order chi connectivity index (χ1) is 9.65. The third kappa shape index (κ3) is 2.22. The maximum Gasteiger partial charge on any atom is 0.166 e. The number of rotatable bonds is 4. The Kier molecular flexibility index (Phi) is 4.24. The van der Waals surface area contributed by atoms with Crippen molar-refractivity contribution in [1.82, 2.24) is 0 Å². The summed E-state index contributed by atoms with van der Waals surface area (Å²) in [6, 6.07) is 8.74. The predicted molar refractivity (Wildman–Crippen MR) is 73.0 cm³/mol. The molecule has 0 aliphatic heterocycles. The van der Waals surface area contributed by atoms with E-state index in [1.807, 2.05) is 0 Å². The van der Waals surface area contributed by atoms with Crippen LogP contribution in [0.4, 0.5) is 0 Å². The lowest BCUT2D eigenvalue weighted by molar-refractivity contribution is 0.242. The SMILES string of the molecule is OCc1c(O)c(O)c(-c2ccccc2)c(CO)c1CO. The molecule has 0 aliphatic carbocycles. The summed E-state index contributed by atoms with van der Waals surface area (Å²) in [4.78, 5) is 0. The second kappa shape index (κ2) is 5.92. The van der Waals surface area contributed by atoms with Crippen LogP contribution < -0.4 is 0 Å². The van der Waals surface area contributed by atoms with Crippen LogP contribution in [-0.4, -0.2) is 25.5 Å². The zero-order valence-corrected chi connectivity index (χ0v) is 10.7. The second-order valence-electron chi connectivity index (χ2n) is 4.35. The maximum atomic E-state index is 10.1. The molecule has 0 heterocycles. The van der Waals surface area contributed by atoms with Gasteiger partial charge in [-0.1, -0.05) is 30.3 Å². The molecule has 0 spiro atoms. The van der Waals surface area contributed by atoms with Crippen molar-refractivity contribution in [3.8, 4) is 22.6 Å². The van der Waals surface area contributed by atoms with Gasteiger partial charge in [-0.15, -0.1) is 0 Å². The van der Waals surface area contributed by atoms with E-state index in [1.54, 1.807) is 30.3 Å². The van der Waals surface area contributed by atoms with Gasteiger partial charge < -0.3 is 25.5 Å². The highest BCUT2D eigenvalue weighted by Gasteiger charge is 2.23. The first-order valence-corrected chi connectivity index (χ1v) is 6.12. The number of phenolic OH excluding ortho intramolecular Hbond substituents is 1. The van der Waals surface area contributed by atoms with Crippen molar-refractivity contribution in [3.05, 3.63) is 47.0 Å². The molecule has 0 aromatic heterocycles. The van der Waals surface area contributed by atoms with Gasteiger partial charge >= 0.3 is 0 Å². The molecule has 0 radical (unpaired) electrons. The lowest BCUT2D eigenvalue weighted by Gasteiger charge is -2.19. The average molecular weight is 276 g/mol. The molecule has 0 amide bonds. The smallest absolute Gasteiger partial charge is 0.166 e. The van der Waals surface area contributed by atoms with E-state index in [2.05, 4.69) is 0 Å². The number of aromatic hydroxyl groups is 2. The quantitative estimate of drug-likeness (QED) is 0.541. The molecule has 106 valence electrons. The van der Waals surface area contributed by atoms with Gasteiger partial charge in [-0.25, -0.2) is 0 Å². The third-order valence-electron chi connectivity index (χ3n) is 3.31. The molecule has 2 rings (SSSR count). The topological polar surface area (TPSA) is 101 Å². The molecule has 0 atom stereocenters. The van der Waals surface area contributed by atoms with Crippen molar-refractivity contribution in [2.24, 2.45) is 0 Å². The molecule has 5 heteroatoms. The molecule has 2 aromatic rings. The van der Waals surface area contributed by atoms with E-state index in [-0.39, 0.29) is 22.3 Å². The highest BCUT2D eigenvalue weighted by atomic mass is 16.3. The summed E-state index contributed by atoms with van der Waals surface area (Å²) in [6.45, 7) is -1.43. The Bertz CT molecular complexity index is 608. The summed E-state index contributed by atoms with van der Waals surface area (Å²) < 4.78 is 0. The molecule has 0 aliphatic rings. The molecule has 5 nitrogen and oxygen atoms in total. The maximum absolute atomic E-state index is 10.1. The van der Waals surface area contributed by atoms with E-state index in [9.17, 15) is 25.5 Å². The molecule has 0 bridgehead atoms. The van der Waals surface area contributed by atoms with E-state index in [0.717, 1.165) is 0 Å². The number of aliphatic hydroxyl groups excluding tert-OH is 3. The van der Waals surface area contributed by atoms with Gasteiger partial charge in [-0.3, -0.25) is 0 Å². The molecular weight excluding hydrogens is 260 g/mol. The first kappa shape index (κ1) is 14.3. The Morgan fingerprint density at radius 3 is 1.70 bits per heavy atom. The molecule has 0 fully saturated rings. The van der Waals surface area contributed by atoms with Gasteiger partial charge in [0, 0.05) is 11.1 Å². The van der Waals surface area contributed by atoms with Gasteiger partial charge in [0.05, 0.1) is 19.8 Å². The zero-order valence-electron chi connectivity index (χ0n) is 10.7. The van der Waals surface area contributed by atoms with Gasteiger partial charge in [0.1, 0.15) is 0 Å². The van der Waals surface area contributed by atoms with Crippen LogP contribution in [0.25, 0.3) is 11.1 Å². The summed E-state index contributed by atoms with van der Waals surface area (Å²) in [7, 11) is 0. The Balaban J connectivity index is 2.84. The van der Waals surface area contributed by atoms with E-state index < -0.39 is 31.3 Å². The zero-order chi connectivity index (χ0) is 14.7. The Morgan fingerprint density at radius 1 is 0.650 bits per heavy atom. The lowest BCUT2D eigenvalue weighted by atomic mass is 9.90. The van der Waals surface area contributed by atoms with Gasteiger partial charge in [0.15, 0.2) is 11.5 Å². The van der Waals surface area contributed by atoms with Crippen molar-refractivity contribution < 1.29 is 25.5 Å². The Hall–Kier alpha value is -2.08. The Labute approximate surface area is 116 Å². The fourth-order valence-electron chi connectivity index (χ4n) is 2.33. The van der Waals surface area contributed by atoms with Crippen molar-refractivity contribution in [2.45, 2.75) is 19.8 Å². The molecule has 20 heavy (non-hydrogen) atoms. The molecule has 0 unspecified atom stereocenters. The van der Waals surface area contributed by atoms with Crippen LogP contribution in [-0.2, 0) is 19.8 Å². The van der Waals surface area contributed by atoms with E-state index >= 15 is 0 Å². The van der Waals surface area contributed by atoms with Crippen LogP contribution in [0.5, 0.6) is 11.5 Å². The minimum Gasteiger partial charge on any atom is -0.504 e. The van der Waals surface area contributed by atoms with E-state index in [1.165, 1.54) is 0 Å². The number of hydrogen-bond acceptors (Lipinski definition) is 5. The predicted octanol–water partition coefficient (Wildman–Crippen LogP) is 1.24. The minimum atomic E-state index is -0.544. The normalized spacial score (nSPS) is 10.8. The number of phenols is 2. The summed E-state index contributed by atoms with van der Waals surface area (Å²) >= 11 is 0. The van der Waals surface area contributed by atoms with Gasteiger partial charge in [0.25, 0.3) is 0 Å². The number of hydrogen-bond donors (Lipinski definition) is 5. The summed E-state index contributed by atoms with van der Waals surface area (Å²) in [5.74, 6) is -0.894. The molecule has 5 N–H and O–H groups in total. The van der Waals surface area contributed by atoms with Crippen molar-refractivity contribution in [2.75, 3.05) is 0 Å². The highest BCUT2D eigenvalue weighted by molar-refractivity contribution is 5.79. The second-order valence-corrected chi connectivity index (χ2v) is 4.35. The van der Waals surface area contributed by atoms with E-state index in [4.69, 9.17) is 0 Å². The van der Waals surface area contributed by atoms with Crippen LogP contribution in [0.15, 0.2) is 30.3 Å². The van der Waals surface area contributed by atoms with E-state index in [0.29, 0.717) is 5.56 Å². The van der Waals surface area contributed by atoms with Crippen LogP contribution in [0, 0.1) is 0 Å². The first-order valence-electron chi connectivity index (χ1n) is 6.12. The van der Waals surface area contributed by atoms with Crippen molar-refractivity contribution in [1.29, 1.82) is 0 Å². The third-order valence-corrected chi connectivity index (χ3v) is 3.31. The molecule has 2 aromatic carbocycles. The Morgan fingerprint density at radius 2 is 1.20 bits per heavy atom. The highest BCUT2D eigenvalue weighted by Crippen LogP contribution is 2.44. The van der Waals surface area contributed by atoms with Gasteiger partial charge in [0.2, 0.25) is 0 Å². The standard InChI is InChI=1S/C15H16O5/c16-6-10-11(7-17)13(9-4-2-1-3-5-9)15(20)14(19)12(10)8-18/h1-5,16-20H,6-8H2. The summed E-state index contributed by atoms with van der Waals surface area (Å²) in [6.07, 6.45) is 0. The van der Waals surface area contributed by atoms with Crippen LogP contribution in [0.1, 0.15) is 16.7 Å². The van der Waals surface area contributed by atoms with Crippen LogP contribution >= 0.6 is 0 Å². The monoisotopic (exact) mass is 276 g/mol. The molecule has 0 saturated heterocycles. The van der Waals surface area contributed by atoms with Crippen molar-refractivity contribution in [3.63, 3.8) is 0 Å². The van der Waals surface area contributed by atoms with Crippen LogP contribution in [0.3, 0.4) is 0 Å². The molecular formula is C15H16O5.